The van der Waals surface area contributed by atoms with Crippen molar-refractivity contribution in [3.63, 3.8) is 0 Å². The summed E-state index contributed by atoms with van der Waals surface area (Å²) in [4.78, 5) is 23.7. The zero-order valence-corrected chi connectivity index (χ0v) is 19.2. The first-order valence-corrected chi connectivity index (χ1v) is 10.9. The third-order valence-corrected chi connectivity index (χ3v) is 6.25. The SMILES string of the molecule is CCc1ccc(-n2c(SC(C)(C)C(=O)NC(C)C(=O)O)nnc2C(F)(F)F)c2ccccc12. The van der Waals surface area contributed by atoms with E-state index in [-0.39, 0.29) is 10.8 Å². The van der Waals surface area contributed by atoms with Gasteiger partial charge in [-0.1, -0.05) is 49.0 Å². The molecule has 3 rings (SSSR count). The van der Waals surface area contributed by atoms with E-state index < -0.39 is 34.7 Å². The monoisotopic (exact) mass is 480 g/mol. The molecule has 0 fully saturated rings. The molecule has 0 spiro atoms. The van der Waals surface area contributed by atoms with E-state index >= 15 is 0 Å². The number of carbonyl (C=O) groups is 2. The second-order valence-electron chi connectivity index (χ2n) is 7.93. The molecule has 1 unspecified atom stereocenters. The number of carboxylic acids is 1. The number of hydrogen-bond donors (Lipinski definition) is 2. The third-order valence-electron chi connectivity index (χ3n) is 5.11. The number of carbonyl (C=O) groups excluding carboxylic acids is 1. The minimum absolute atomic E-state index is 0.139. The van der Waals surface area contributed by atoms with Crippen LogP contribution >= 0.6 is 11.8 Å². The van der Waals surface area contributed by atoms with Gasteiger partial charge in [-0.3, -0.25) is 14.2 Å². The highest BCUT2D eigenvalue weighted by Gasteiger charge is 2.41. The van der Waals surface area contributed by atoms with Crippen LogP contribution in [0.4, 0.5) is 13.2 Å². The number of halogens is 3. The Bertz CT molecular complexity index is 1210. The Labute approximate surface area is 192 Å². The fourth-order valence-corrected chi connectivity index (χ4v) is 4.26. The van der Waals surface area contributed by atoms with Gasteiger partial charge in [0.25, 0.3) is 0 Å². The second kappa shape index (κ2) is 9.05. The molecule has 176 valence electrons. The van der Waals surface area contributed by atoms with Crippen molar-refractivity contribution in [2.75, 3.05) is 0 Å². The van der Waals surface area contributed by atoms with Crippen LogP contribution in [0.5, 0.6) is 0 Å². The zero-order valence-electron chi connectivity index (χ0n) is 18.4. The normalized spacial score (nSPS) is 13.2. The summed E-state index contributed by atoms with van der Waals surface area (Å²) < 4.78 is 41.2. The zero-order chi connectivity index (χ0) is 24.6. The highest BCUT2D eigenvalue weighted by Crippen LogP contribution is 2.39. The number of hydrogen-bond acceptors (Lipinski definition) is 5. The number of benzene rings is 2. The average Bonchev–Trinajstić information content (AvgIpc) is 3.15. The summed E-state index contributed by atoms with van der Waals surface area (Å²) in [6.45, 7) is 6.22. The van der Waals surface area contributed by atoms with Gasteiger partial charge in [0.05, 0.1) is 10.4 Å². The maximum absolute atomic E-state index is 13.9. The molecule has 0 aliphatic heterocycles. The van der Waals surface area contributed by atoms with Crippen LogP contribution in [0.3, 0.4) is 0 Å². The van der Waals surface area contributed by atoms with Crippen molar-refractivity contribution >= 4 is 34.4 Å². The van der Waals surface area contributed by atoms with E-state index in [0.29, 0.717) is 11.8 Å². The number of amides is 1. The predicted octanol–water partition coefficient (Wildman–Crippen LogP) is 4.46. The van der Waals surface area contributed by atoms with E-state index in [1.54, 1.807) is 24.3 Å². The molecule has 1 aromatic heterocycles. The standard InChI is InChI=1S/C22H23F3N4O3S/c1-5-13-10-11-16(15-9-7-6-8-14(13)15)29-18(22(23,24)25)27-28-20(29)33-21(3,4)19(32)26-12(2)17(30)31/h6-12H,5H2,1-4H3,(H,26,32)(H,30,31). The molecular weight excluding hydrogens is 457 g/mol. The molecule has 2 aromatic carbocycles. The summed E-state index contributed by atoms with van der Waals surface area (Å²) in [6.07, 6.45) is -4.09. The van der Waals surface area contributed by atoms with E-state index in [9.17, 15) is 22.8 Å². The first-order valence-electron chi connectivity index (χ1n) is 10.1. The summed E-state index contributed by atoms with van der Waals surface area (Å²) in [6, 6.07) is 9.31. The van der Waals surface area contributed by atoms with Crippen LogP contribution in [-0.2, 0) is 22.2 Å². The van der Waals surface area contributed by atoms with Crippen molar-refractivity contribution in [1.29, 1.82) is 0 Å². The fourth-order valence-electron chi connectivity index (χ4n) is 3.29. The summed E-state index contributed by atoms with van der Waals surface area (Å²) >= 11 is 0.769. The smallest absolute Gasteiger partial charge is 0.452 e. The Balaban J connectivity index is 2.14. The molecule has 0 radical (unpaired) electrons. The van der Waals surface area contributed by atoms with Gasteiger partial charge in [0.1, 0.15) is 6.04 Å². The topological polar surface area (TPSA) is 97.1 Å². The summed E-state index contributed by atoms with van der Waals surface area (Å²) in [5.41, 5.74) is 1.21. The number of thioether (sulfide) groups is 1. The Kier molecular flexibility index (Phi) is 6.73. The molecule has 1 amide bonds. The van der Waals surface area contributed by atoms with Crippen molar-refractivity contribution in [2.24, 2.45) is 0 Å². The highest BCUT2D eigenvalue weighted by molar-refractivity contribution is 8.01. The lowest BCUT2D eigenvalue weighted by atomic mass is 10.0. The maximum atomic E-state index is 13.9. The lowest BCUT2D eigenvalue weighted by molar-refractivity contribution is -0.146. The van der Waals surface area contributed by atoms with Gasteiger partial charge < -0.3 is 10.4 Å². The highest BCUT2D eigenvalue weighted by atomic mass is 32.2. The van der Waals surface area contributed by atoms with Gasteiger partial charge in [0.2, 0.25) is 11.7 Å². The Morgan fingerprint density at radius 1 is 1.12 bits per heavy atom. The van der Waals surface area contributed by atoms with Crippen molar-refractivity contribution in [3.8, 4) is 5.69 Å². The Morgan fingerprint density at radius 3 is 2.33 bits per heavy atom. The molecule has 0 aliphatic carbocycles. The van der Waals surface area contributed by atoms with E-state index in [1.165, 1.54) is 20.8 Å². The molecule has 0 saturated heterocycles. The average molecular weight is 481 g/mol. The van der Waals surface area contributed by atoms with E-state index in [0.717, 1.165) is 27.3 Å². The molecule has 2 N–H and O–H groups in total. The number of nitrogens with zero attached hydrogens (tertiary/aromatic N) is 3. The van der Waals surface area contributed by atoms with E-state index in [1.807, 2.05) is 19.1 Å². The van der Waals surface area contributed by atoms with Crippen LogP contribution < -0.4 is 5.32 Å². The van der Waals surface area contributed by atoms with Crippen LogP contribution in [0, 0.1) is 0 Å². The molecule has 0 saturated carbocycles. The van der Waals surface area contributed by atoms with Crippen LogP contribution in [0.1, 0.15) is 39.1 Å². The second-order valence-corrected chi connectivity index (χ2v) is 9.52. The van der Waals surface area contributed by atoms with Crippen molar-refractivity contribution in [1.82, 2.24) is 20.1 Å². The molecule has 1 heterocycles. The number of aromatic nitrogens is 3. The molecule has 11 heteroatoms. The number of rotatable bonds is 7. The molecular formula is C22H23F3N4O3S. The first-order chi connectivity index (χ1) is 15.4. The van der Waals surface area contributed by atoms with Gasteiger partial charge >= 0.3 is 12.1 Å². The molecule has 3 aromatic rings. The first kappa shape index (κ1) is 24.6. The van der Waals surface area contributed by atoms with Gasteiger partial charge in [0, 0.05) is 5.39 Å². The van der Waals surface area contributed by atoms with Gasteiger partial charge in [-0.25, -0.2) is 0 Å². The Hall–Kier alpha value is -3.08. The lowest BCUT2D eigenvalue weighted by Crippen LogP contribution is -2.47. The van der Waals surface area contributed by atoms with Crippen molar-refractivity contribution in [2.45, 2.75) is 56.2 Å². The molecule has 0 bridgehead atoms. The number of fused-ring (bicyclic) bond motifs is 1. The maximum Gasteiger partial charge on any atom is 0.452 e. The van der Waals surface area contributed by atoms with Crippen LogP contribution in [0.2, 0.25) is 0 Å². The molecule has 0 aliphatic rings. The van der Waals surface area contributed by atoms with Crippen LogP contribution in [0.25, 0.3) is 16.5 Å². The van der Waals surface area contributed by atoms with Crippen LogP contribution in [0.15, 0.2) is 41.6 Å². The molecule has 1 atom stereocenters. The van der Waals surface area contributed by atoms with Crippen molar-refractivity contribution < 1.29 is 27.9 Å². The predicted molar refractivity (Wildman–Crippen MR) is 118 cm³/mol. The summed E-state index contributed by atoms with van der Waals surface area (Å²) in [7, 11) is 0. The Morgan fingerprint density at radius 2 is 1.76 bits per heavy atom. The number of nitrogens with one attached hydrogen (secondary N) is 1. The molecule has 33 heavy (non-hydrogen) atoms. The van der Waals surface area contributed by atoms with Gasteiger partial charge in [-0.15, -0.1) is 10.2 Å². The largest absolute Gasteiger partial charge is 0.480 e. The summed E-state index contributed by atoms with van der Waals surface area (Å²) in [5, 5.41) is 19.8. The number of aryl methyl sites for hydroxylation is 1. The van der Waals surface area contributed by atoms with Gasteiger partial charge in [-0.05, 0) is 44.2 Å². The lowest BCUT2D eigenvalue weighted by Gasteiger charge is -2.24. The van der Waals surface area contributed by atoms with Crippen molar-refractivity contribution in [3.05, 3.63) is 47.8 Å². The minimum Gasteiger partial charge on any atom is -0.480 e. The van der Waals surface area contributed by atoms with Gasteiger partial charge in [0.15, 0.2) is 5.16 Å². The quantitative estimate of drug-likeness (QED) is 0.485. The van der Waals surface area contributed by atoms with Gasteiger partial charge in [-0.2, -0.15) is 13.2 Å². The van der Waals surface area contributed by atoms with E-state index in [2.05, 4.69) is 15.5 Å². The summed E-state index contributed by atoms with van der Waals surface area (Å²) in [5.74, 6) is -3.10. The van der Waals surface area contributed by atoms with Crippen LogP contribution in [-0.4, -0.2) is 42.5 Å². The number of aliphatic carboxylic acids is 1. The minimum atomic E-state index is -4.79. The number of alkyl halides is 3. The van der Waals surface area contributed by atoms with E-state index in [4.69, 9.17) is 5.11 Å². The molecule has 7 nitrogen and oxygen atoms in total. The fraction of sp³-hybridized carbons (Fsp3) is 0.364. The third kappa shape index (κ3) is 4.97. The number of carboxylic acid groups (broad SMARTS) is 1.